The normalized spacial score (nSPS) is 20.7. The molecule has 1 atom stereocenters. The van der Waals surface area contributed by atoms with Gasteiger partial charge in [0.15, 0.2) is 0 Å². The Balaban J connectivity index is 2.21. The molecule has 0 spiro atoms. The van der Waals surface area contributed by atoms with Crippen molar-refractivity contribution in [2.75, 3.05) is 13.1 Å². The van der Waals surface area contributed by atoms with Crippen molar-refractivity contribution in [1.29, 1.82) is 0 Å². The first-order valence-electron chi connectivity index (χ1n) is 5.17. The van der Waals surface area contributed by atoms with Gasteiger partial charge in [-0.05, 0) is 31.2 Å². The number of halogens is 2. The van der Waals surface area contributed by atoms with Gasteiger partial charge >= 0.3 is 0 Å². The van der Waals surface area contributed by atoms with Crippen molar-refractivity contribution in [3.05, 3.63) is 29.0 Å². The maximum absolute atomic E-state index is 12.9. The van der Waals surface area contributed by atoms with E-state index in [-0.39, 0.29) is 16.0 Å². The van der Waals surface area contributed by atoms with Gasteiger partial charge < -0.3 is 5.32 Å². The number of rotatable bonds is 3. The van der Waals surface area contributed by atoms with Crippen LogP contribution in [-0.4, -0.2) is 27.5 Å². The number of sulfonamides is 1. The maximum Gasteiger partial charge on any atom is 0.240 e. The predicted octanol–water partition coefficient (Wildman–Crippen LogP) is 1.12. The van der Waals surface area contributed by atoms with Crippen molar-refractivity contribution >= 4 is 21.6 Å². The van der Waals surface area contributed by atoms with Gasteiger partial charge in [0.05, 0.1) is 9.92 Å². The van der Waals surface area contributed by atoms with Gasteiger partial charge in [-0.25, -0.2) is 17.5 Å². The van der Waals surface area contributed by atoms with Crippen LogP contribution in [0.5, 0.6) is 0 Å². The standard InChI is InChI=1S/C10H12ClFN2O2S/c11-9-5-8(1-2-10(9)12)17(15,16)14-7-3-4-13-6-7/h1-2,5,7,13-14H,3-4,6H2/t7-/m0/s1. The van der Waals surface area contributed by atoms with Crippen LogP contribution >= 0.6 is 11.6 Å². The Morgan fingerprint density at radius 1 is 1.47 bits per heavy atom. The molecule has 1 heterocycles. The van der Waals surface area contributed by atoms with Crippen molar-refractivity contribution in [2.45, 2.75) is 17.4 Å². The number of benzene rings is 1. The van der Waals surface area contributed by atoms with Crippen LogP contribution in [0.25, 0.3) is 0 Å². The SMILES string of the molecule is O=S(=O)(N[C@H]1CCNC1)c1ccc(F)c(Cl)c1. The molecule has 0 radical (unpaired) electrons. The number of nitrogens with one attached hydrogen (secondary N) is 2. The zero-order chi connectivity index (χ0) is 12.5. The lowest BCUT2D eigenvalue weighted by molar-refractivity contribution is 0.559. The van der Waals surface area contributed by atoms with E-state index in [1.54, 1.807) is 0 Å². The Hall–Kier alpha value is -0.690. The highest BCUT2D eigenvalue weighted by Crippen LogP contribution is 2.19. The lowest BCUT2D eigenvalue weighted by Crippen LogP contribution is -2.36. The summed E-state index contributed by atoms with van der Waals surface area (Å²) in [7, 11) is -3.62. The highest BCUT2D eigenvalue weighted by molar-refractivity contribution is 7.89. The summed E-state index contributed by atoms with van der Waals surface area (Å²) < 4.78 is 39.3. The van der Waals surface area contributed by atoms with Gasteiger partial charge in [0, 0.05) is 12.6 Å². The fourth-order valence-electron chi connectivity index (χ4n) is 1.69. The Kier molecular flexibility index (Phi) is 3.67. The van der Waals surface area contributed by atoms with Gasteiger partial charge in [-0.3, -0.25) is 0 Å². The van der Waals surface area contributed by atoms with Gasteiger partial charge in [0.25, 0.3) is 0 Å². The highest BCUT2D eigenvalue weighted by atomic mass is 35.5. The van der Waals surface area contributed by atoms with E-state index in [0.717, 1.165) is 25.1 Å². The minimum Gasteiger partial charge on any atom is -0.315 e. The first kappa shape index (κ1) is 12.8. The second-order valence-corrected chi connectivity index (χ2v) is 6.01. The Labute approximate surface area is 104 Å². The molecule has 4 nitrogen and oxygen atoms in total. The molecule has 0 unspecified atom stereocenters. The van der Waals surface area contributed by atoms with Crippen LogP contribution in [0.4, 0.5) is 4.39 Å². The van der Waals surface area contributed by atoms with Crippen LogP contribution < -0.4 is 10.0 Å². The summed E-state index contributed by atoms with van der Waals surface area (Å²) >= 11 is 5.56. The third-order valence-electron chi connectivity index (χ3n) is 2.58. The summed E-state index contributed by atoms with van der Waals surface area (Å²) in [6.45, 7) is 1.39. The van der Waals surface area contributed by atoms with E-state index < -0.39 is 15.8 Å². The molecule has 0 aromatic heterocycles. The Morgan fingerprint density at radius 3 is 2.82 bits per heavy atom. The van der Waals surface area contributed by atoms with Crippen LogP contribution in [-0.2, 0) is 10.0 Å². The molecule has 94 valence electrons. The second kappa shape index (κ2) is 4.89. The summed E-state index contributed by atoms with van der Waals surface area (Å²) in [6, 6.07) is 3.24. The average molecular weight is 279 g/mol. The third-order valence-corrected chi connectivity index (χ3v) is 4.39. The van der Waals surface area contributed by atoms with Gasteiger partial charge in [0.1, 0.15) is 5.82 Å². The van der Waals surface area contributed by atoms with Gasteiger partial charge in [-0.1, -0.05) is 11.6 Å². The second-order valence-electron chi connectivity index (χ2n) is 3.89. The Bertz CT molecular complexity index is 515. The first-order chi connectivity index (χ1) is 7.99. The molecular formula is C10H12ClFN2O2S. The first-order valence-corrected chi connectivity index (χ1v) is 7.03. The molecule has 0 aliphatic carbocycles. The molecule has 1 fully saturated rings. The van der Waals surface area contributed by atoms with Crippen molar-refractivity contribution < 1.29 is 12.8 Å². The van der Waals surface area contributed by atoms with Crippen molar-refractivity contribution in [3.63, 3.8) is 0 Å². The zero-order valence-electron chi connectivity index (χ0n) is 8.91. The van der Waals surface area contributed by atoms with Crippen LogP contribution in [0, 0.1) is 5.82 Å². The molecule has 1 aromatic rings. The number of hydrogen-bond acceptors (Lipinski definition) is 3. The lowest BCUT2D eigenvalue weighted by atomic mass is 10.3. The summed E-state index contributed by atoms with van der Waals surface area (Å²) in [6.07, 6.45) is 0.744. The molecule has 2 N–H and O–H groups in total. The van der Waals surface area contributed by atoms with Crippen LogP contribution in [0.3, 0.4) is 0 Å². The average Bonchev–Trinajstić information content (AvgIpc) is 2.73. The van der Waals surface area contributed by atoms with Gasteiger partial charge in [-0.15, -0.1) is 0 Å². The van der Waals surface area contributed by atoms with Crippen LogP contribution in [0.2, 0.25) is 5.02 Å². The molecule has 7 heteroatoms. The third kappa shape index (κ3) is 2.95. The molecule has 1 saturated heterocycles. The molecule has 0 saturated carbocycles. The smallest absolute Gasteiger partial charge is 0.240 e. The van der Waals surface area contributed by atoms with E-state index >= 15 is 0 Å². The molecule has 1 aliphatic rings. The van der Waals surface area contributed by atoms with E-state index in [4.69, 9.17) is 11.6 Å². The summed E-state index contributed by atoms with van der Waals surface area (Å²) in [5, 5.41) is 2.86. The quantitative estimate of drug-likeness (QED) is 0.871. The van der Waals surface area contributed by atoms with E-state index in [2.05, 4.69) is 10.0 Å². The minimum absolute atomic E-state index is 0.0178. The van der Waals surface area contributed by atoms with Gasteiger partial charge in [0.2, 0.25) is 10.0 Å². The zero-order valence-corrected chi connectivity index (χ0v) is 10.5. The fourth-order valence-corrected chi connectivity index (χ4v) is 3.23. The monoisotopic (exact) mass is 278 g/mol. The molecule has 0 amide bonds. The molecule has 2 rings (SSSR count). The van der Waals surface area contributed by atoms with E-state index in [1.165, 1.54) is 6.07 Å². The van der Waals surface area contributed by atoms with E-state index in [9.17, 15) is 12.8 Å². The highest BCUT2D eigenvalue weighted by Gasteiger charge is 2.23. The lowest BCUT2D eigenvalue weighted by Gasteiger charge is -2.12. The van der Waals surface area contributed by atoms with Crippen molar-refractivity contribution in [2.24, 2.45) is 0 Å². The summed E-state index contributed by atoms with van der Waals surface area (Å²) in [5.74, 6) is -0.631. The van der Waals surface area contributed by atoms with Crippen molar-refractivity contribution in [3.8, 4) is 0 Å². The maximum atomic E-state index is 12.9. The topological polar surface area (TPSA) is 58.2 Å². The molecule has 1 aromatic carbocycles. The molecular weight excluding hydrogens is 267 g/mol. The molecule has 17 heavy (non-hydrogen) atoms. The largest absolute Gasteiger partial charge is 0.315 e. The predicted molar refractivity (Wildman–Crippen MR) is 63.0 cm³/mol. The van der Waals surface area contributed by atoms with E-state index in [0.29, 0.717) is 6.54 Å². The minimum atomic E-state index is -3.62. The van der Waals surface area contributed by atoms with Crippen LogP contribution in [0.15, 0.2) is 23.1 Å². The van der Waals surface area contributed by atoms with Gasteiger partial charge in [-0.2, -0.15) is 0 Å². The number of hydrogen-bond donors (Lipinski definition) is 2. The summed E-state index contributed by atoms with van der Waals surface area (Å²) in [5.41, 5.74) is 0. The van der Waals surface area contributed by atoms with Crippen LogP contribution in [0.1, 0.15) is 6.42 Å². The summed E-state index contributed by atoms with van der Waals surface area (Å²) in [4.78, 5) is -0.0178. The fraction of sp³-hybridized carbons (Fsp3) is 0.400. The molecule has 0 bridgehead atoms. The van der Waals surface area contributed by atoms with E-state index in [1.807, 2.05) is 0 Å². The Morgan fingerprint density at radius 2 is 2.24 bits per heavy atom. The van der Waals surface area contributed by atoms with Crippen molar-refractivity contribution in [1.82, 2.24) is 10.0 Å². The molecule has 1 aliphatic heterocycles.